The zero-order valence-corrected chi connectivity index (χ0v) is 8.18. The van der Waals surface area contributed by atoms with Gasteiger partial charge < -0.3 is 4.74 Å². The molecule has 0 aromatic rings. The Balaban J connectivity index is 4.19. The molecule has 0 N–H and O–H groups in total. The van der Waals surface area contributed by atoms with E-state index in [0.29, 0.717) is 0 Å². The van der Waals surface area contributed by atoms with Gasteiger partial charge in [0.2, 0.25) is 0 Å². The molecule has 0 radical (unpaired) electrons. The SMILES string of the molecule is C=C(/C=C/C(=O)OC)C(C)(C)C. The topological polar surface area (TPSA) is 26.3 Å². The number of hydrogen-bond donors (Lipinski definition) is 0. The number of rotatable bonds is 2. The minimum Gasteiger partial charge on any atom is -0.466 e. The van der Waals surface area contributed by atoms with E-state index in [9.17, 15) is 4.79 Å². The fourth-order valence-electron chi connectivity index (χ4n) is 0.487. The van der Waals surface area contributed by atoms with Crippen LogP contribution in [-0.2, 0) is 9.53 Å². The van der Waals surface area contributed by atoms with Crippen molar-refractivity contribution in [3.05, 3.63) is 24.3 Å². The van der Waals surface area contributed by atoms with Crippen LogP contribution in [0, 0.1) is 5.41 Å². The smallest absolute Gasteiger partial charge is 0.330 e. The van der Waals surface area contributed by atoms with E-state index < -0.39 is 0 Å². The second-order valence-corrected chi connectivity index (χ2v) is 3.63. The molecule has 2 nitrogen and oxygen atoms in total. The molecule has 0 rings (SSSR count). The second kappa shape index (κ2) is 4.10. The van der Waals surface area contributed by atoms with Crippen LogP contribution < -0.4 is 0 Å². The van der Waals surface area contributed by atoms with Gasteiger partial charge in [-0.15, -0.1) is 0 Å². The van der Waals surface area contributed by atoms with Gasteiger partial charge in [-0.1, -0.05) is 33.4 Å². The molecule has 0 aliphatic rings. The molecular formula is C10H16O2. The first kappa shape index (κ1) is 11.0. The lowest BCUT2D eigenvalue weighted by molar-refractivity contribution is -0.134. The van der Waals surface area contributed by atoms with Crippen LogP contribution >= 0.6 is 0 Å². The zero-order valence-electron chi connectivity index (χ0n) is 8.18. The Morgan fingerprint density at radius 1 is 1.33 bits per heavy atom. The standard InChI is InChI=1S/C10H16O2/c1-8(10(2,3)4)6-7-9(11)12-5/h6-7H,1H2,2-5H3/b7-6+. The van der Waals surface area contributed by atoms with Crippen molar-refractivity contribution in [2.24, 2.45) is 5.41 Å². The van der Waals surface area contributed by atoms with Gasteiger partial charge in [-0.05, 0) is 11.0 Å². The predicted octanol–water partition coefficient (Wildman–Crippen LogP) is 2.32. The summed E-state index contributed by atoms with van der Waals surface area (Å²) in [5.74, 6) is -0.347. The number of allylic oxidation sites excluding steroid dienone is 2. The van der Waals surface area contributed by atoms with Crippen molar-refractivity contribution in [1.29, 1.82) is 0 Å². The molecule has 0 atom stereocenters. The molecule has 0 spiro atoms. The molecule has 0 unspecified atom stereocenters. The van der Waals surface area contributed by atoms with Crippen LogP contribution in [-0.4, -0.2) is 13.1 Å². The van der Waals surface area contributed by atoms with Crippen LogP contribution in [0.1, 0.15) is 20.8 Å². The summed E-state index contributed by atoms with van der Waals surface area (Å²) in [7, 11) is 1.35. The van der Waals surface area contributed by atoms with E-state index in [-0.39, 0.29) is 11.4 Å². The highest BCUT2D eigenvalue weighted by atomic mass is 16.5. The normalized spacial score (nSPS) is 11.7. The third-order valence-electron chi connectivity index (χ3n) is 1.59. The monoisotopic (exact) mass is 168 g/mol. The summed E-state index contributed by atoms with van der Waals surface area (Å²) in [5, 5.41) is 0. The van der Waals surface area contributed by atoms with E-state index in [1.165, 1.54) is 13.2 Å². The van der Waals surface area contributed by atoms with Crippen molar-refractivity contribution in [3.8, 4) is 0 Å². The molecule has 0 aromatic heterocycles. The van der Waals surface area contributed by atoms with Crippen molar-refractivity contribution in [3.63, 3.8) is 0 Å². The van der Waals surface area contributed by atoms with Gasteiger partial charge in [0.15, 0.2) is 0 Å². The van der Waals surface area contributed by atoms with Crippen LogP contribution in [0.2, 0.25) is 0 Å². The van der Waals surface area contributed by atoms with Gasteiger partial charge in [0.1, 0.15) is 0 Å². The van der Waals surface area contributed by atoms with Crippen LogP contribution in [0.4, 0.5) is 0 Å². The maximum absolute atomic E-state index is 10.7. The van der Waals surface area contributed by atoms with Crippen molar-refractivity contribution in [1.82, 2.24) is 0 Å². The first-order valence-corrected chi connectivity index (χ1v) is 3.83. The van der Waals surface area contributed by atoms with Crippen LogP contribution in [0.5, 0.6) is 0 Å². The van der Waals surface area contributed by atoms with Gasteiger partial charge in [-0.2, -0.15) is 0 Å². The first-order valence-electron chi connectivity index (χ1n) is 3.83. The van der Waals surface area contributed by atoms with Gasteiger partial charge >= 0.3 is 5.97 Å². The summed E-state index contributed by atoms with van der Waals surface area (Å²) >= 11 is 0. The van der Waals surface area contributed by atoms with Crippen LogP contribution in [0.15, 0.2) is 24.3 Å². The lowest BCUT2D eigenvalue weighted by atomic mass is 9.87. The number of hydrogen-bond acceptors (Lipinski definition) is 2. The predicted molar refractivity (Wildman–Crippen MR) is 49.8 cm³/mol. The highest BCUT2D eigenvalue weighted by Gasteiger charge is 2.11. The fourth-order valence-corrected chi connectivity index (χ4v) is 0.487. The third-order valence-corrected chi connectivity index (χ3v) is 1.59. The Morgan fingerprint density at radius 2 is 1.83 bits per heavy atom. The number of carbonyl (C=O) groups is 1. The Bertz CT molecular complexity index is 206. The number of methoxy groups -OCH3 is 1. The third kappa shape index (κ3) is 3.96. The summed E-state index contributed by atoms with van der Waals surface area (Å²) in [6.07, 6.45) is 3.07. The molecule has 0 aliphatic heterocycles. The first-order chi connectivity index (χ1) is 5.38. The largest absolute Gasteiger partial charge is 0.466 e. The Morgan fingerprint density at radius 3 is 2.17 bits per heavy atom. The molecule has 0 saturated carbocycles. The van der Waals surface area contributed by atoms with Crippen LogP contribution in [0.25, 0.3) is 0 Å². The average molecular weight is 168 g/mol. The van der Waals surface area contributed by atoms with Crippen molar-refractivity contribution >= 4 is 5.97 Å². The summed E-state index contributed by atoms with van der Waals surface area (Å²) < 4.78 is 4.45. The Labute approximate surface area is 73.9 Å². The van der Waals surface area contributed by atoms with Gasteiger partial charge in [0.05, 0.1) is 7.11 Å². The summed E-state index contributed by atoms with van der Waals surface area (Å²) in [6, 6.07) is 0. The molecule has 2 heteroatoms. The molecule has 68 valence electrons. The maximum Gasteiger partial charge on any atom is 0.330 e. The number of esters is 1. The molecule has 0 fully saturated rings. The summed E-state index contributed by atoms with van der Waals surface area (Å²) in [5.41, 5.74) is 0.915. The minimum atomic E-state index is -0.347. The maximum atomic E-state index is 10.7. The quantitative estimate of drug-likeness (QED) is 0.359. The molecule has 0 heterocycles. The van der Waals surface area contributed by atoms with E-state index in [2.05, 4.69) is 11.3 Å². The Kier molecular flexibility index (Phi) is 3.74. The van der Waals surface area contributed by atoms with Gasteiger partial charge in [0, 0.05) is 6.08 Å². The zero-order chi connectivity index (χ0) is 9.78. The van der Waals surface area contributed by atoms with Crippen molar-refractivity contribution in [2.45, 2.75) is 20.8 Å². The Hall–Kier alpha value is -1.05. The van der Waals surface area contributed by atoms with Gasteiger partial charge in [0.25, 0.3) is 0 Å². The molecule has 12 heavy (non-hydrogen) atoms. The lowest BCUT2D eigenvalue weighted by Gasteiger charge is -2.18. The molecule has 0 aromatic carbocycles. The molecule has 0 bridgehead atoms. The molecule has 0 saturated heterocycles. The number of carbonyl (C=O) groups excluding carboxylic acids is 1. The highest BCUT2D eigenvalue weighted by molar-refractivity contribution is 5.82. The van der Waals surface area contributed by atoms with Crippen molar-refractivity contribution in [2.75, 3.05) is 7.11 Å². The summed E-state index contributed by atoms with van der Waals surface area (Å²) in [4.78, 5) is 10.7. The lowest BCUT2D eigenvalue weighted by Crippen LogP contribution is -2.06. The van der Waals surface area contributed by atoms with E-state index >= 15 is 0 Å². The second-order valence-electron chi connectivity index (χ2n) is 3.63. The van der Waals surface area contributed by atoms with E-state index in [1.807, 2.05) is 20.8 Å². The molecule has 0 amide bonds. The minimum absolute atomic E-state index is 0.00449. The average Bonchev–Trinajstić information content (AvgIpc) is 1.97. The van der Waals surface area contributed by atoms with E-state index in [0.717, 1.165) is 5.57 Å². The fraction of sp³-hybridized carbons (Fsp3) is 0.500. The van der Waals surface area contributed by atoms with Gasteiger partial charge in [-0.25, -0.2) is 4.79 Å². The van der Waals surface area contributed by atoms with E-state index in [4.69, 9.17) is 0 Å². The molecular weight excluding hydrogens is 152 g/mol. The van der Waals surface area contributed by atoms with Crippen molar-refractivity contribution < 1.29 is 9.53 Å². The van der Waals surface area contributed by atoms with E-state index in [1.54, 1.807) is 6.08 Å². The van der Waals surface area contributed by atoms with Gasteiger partial charge in [-0.3, -0.25) is 0 Å². The number of ether oxygens (including phenoxy) is 1. The summed E-state index contributed by atoms with van der Waals surface area (Å²) in [6.45, 7) is 9.95. The molecule has 0 aliphatic carbocycles. The highest BCUT2D eigenvalue weighted by Crippen LogP contribution is 2.23. The van der Waals surface area contributed by atoms with Crippen LogP contribution in [0.3, 0.4) is 0 Å².